The Kier molecular flexibility index (Phi) is 8.85. The van der Waals surface area contributed by atoms with Crippen LogP contribution in [-0.4, -0.2) is 71.4 Å². The van der Waals surface area contributed by atoms with E-state index in [2.05, 4.69) is 0 Å². The summed E-state index contributed by atoms with van der Waals surface area (Å²) in [5.41, 5.74) is 0.958. The molecule has 8 nitrogen and oxygen atoms in total. The lowest BCUT2D eigenvalue weighted by Gasteiger charge is -2.33. The van der Waals surface area contributed by atoms with Crippen LogP contribution in [0, 0.1) is 23.1 Å². The number of carbonyl (C=O) groups excluding carboxylic acids is 3. The first kappa shape index (κ1) is 27.4. The number of piperidine rings is 1. The number of carbonyl (C=O) groups is 3. The smallest absolute Gasteiger partial charge is 0.410 e. The molecule has 2 atom stereocenters. The summed E-state index contributed by atoms with van der Waals surface area (Å²) >= 11 is 6.11. The molecular weight excluding hydrogens is 511 g/mol. The van der Waals surface area contributed by atoms with Gasteiger partial charge in [0.25, 0.3) is 0 Å². The van der Waals surface area contributed by atoms with Crippen LogP contribution in [0.2, 0.25) is 5.02 Å². The van der Waals surface area contributed by atoms with Crippen molar-refractivity contribution in [3.05, 3.63) is 64.9 Å². The first-order valence-corrected chi connectivity index (χ1v) is 13.1. The summed E-state index contributed by atoms with van der Waals surface area (Å²) in [6, 6.07) is 14.2. The number of likely N-dealkylation sites (tertiary alicyclic amines) is 2. The average Bonchev–Trinajstić information content (AvgIpc) is 3.35. The SMILES string of the molecule is CCN(C(=O)Oc1ccc(F)cc1)[C@@H]1CN(C(=O)C2CCN(C(=O)CC#N)CC2)C[C@H]1c1ccc(Cl)cc1. The summed E-state index contributed by atoms with van der Waals surface area (Å²) in [4.78, 5) is 43.9. The molecule has 2 heterocycles. The molecule has 10 heteroatoms. The summed E-state index contributed by atoms with van der Waals surface area (Å²) in [6.45, 7) is 3.87. The molecule has 0 unspecified atom stereocenters. The minimum absolute atomic E-state index is 0.00167. The second kappa shape index (κ2) is 12.3. The molecule has 38 heavy (non-hydrogen) atoms. The first-order valence-electron chi connectivity index (χ1n) is 12.7. The highest BCUT2D eigenvalue weighted by atomic mass is 35.5. The van der Waals surface area contributed by atoms with Gasteiger partial charge in [-0.2, -0.15) is 5.26 Å². The number of likely N-dealkylation sites (N-methyl/N-ethyl adjacent to an activating group) is 1. The lowest BCUT2D eigenvalue weighted by Crippen LogP contribution is -2.47. The Bertz CT molecular complexity index is 1190. The third kappa shape index (κ3) is 6.25. The predicted molar refractivity (Wildman–Crippen MR) is 139 cm³/mol. The summed E-state index contributed by atoms with van der Waals surface area (Å²) < 4.78 is 18.8. The van der Waals surface area contributed by atoms with Gasteiger partial charge in [0.05, 0.1) is 12.1 Å². The summed E-state index contributed by atoms with van der Waals surface area (Å²) in [5.74, 6) is -0.782. The quantitative estimate of drug-likeness (QED) is 0.540. The normalized spacial score (nSPS) is 19.6. The van der Waals surface area contributed by atoms with Crippen molar-refractivity contribution in [1.82, 2.24) is 14.7 Å². The Hall–Kier alpha value is -3.64. The third-order valence-corrected chi connectivity index (χ3v) is 7.57. The van der Waals surface area contributed by atoms with Gasteiger partial charge in [-0.15, -0.1) is 0 Å². The molecule has 2 aliphatic heterocycles. The molecule has 2 aromatic carbocycles. The maximum Gasteiger partial charge on any atom is 0.415 e. The molecule has 4 rings (SSSR count). The summed E-state index contributed by atoms with van der Waals surface area (Å²) in [7, 11) is 0. The Morgan fingerprint density at radius 3 is 2.32 bits per heavy atom. The number of benzene rings is 2. The molecule has 0 saturated carbocycles. The van der Waals surface area contributed by atoms with Gasteiger partial charge in [-0.05, 0) is 61.7 Å². The third-order valence-electron chi connectivity index (χ3n) is 7.32. The van der Waals surface area contributed by atoms with Crippen LogP contribution >= 0.6 is 11.6 Å². The van der Waals surface area contributed by atoms with Crippen molar-refractivity contribution in [3.8, 4) is 11.8 Å². The van der Waals surface area contributed by atoms with Crippen LogP contribution in [0.4, 0.5) is 9.18 Å². The zero-order chi connectivity index (χ0) is 27.2. The van der Waals surface area contributed by atoms with Crippen LogP contribution in [0.3, 0.4) is 0 Å². The molecule has 3 amide bonds. The minimum atomic E-state index is -0.568. The van der Waals surface area contributed by atoms with E-state index >= 15 is 0 Å². The lowest BCUT2D eigenvalue weighted by molar-refractivity contribution is -0.139. The van der Waals surface area contributed by atoms with Gasteiger partial charge < -0.3 is 19.4 Å². The van der Waals surface area contributed by atoms with Gasteiger partial charge in [0, 0.05) is 49.6 Å². The van der Waals surface area contributed by atoms with Gasteiger partial charge in [0.1, 0.15) is 18.0 Å². The van der Waals surface area contributed by atoms with Gasteiger partial charge >= 0.3 is 6.09 Å². The number of amides is 3. The summed E-state index contributed by atoms with van der Waals surface area (Å²) in [5, 5.41) is 9.38. The van der Waals surface area contributed by atoms with Crippen molar-refractivity contribution in [3.63, 3.8) is 0 Å². The summed E-state index contributed by atoms with van der Waals surface area (Å²) in [6.07, 6.45) is 0.345. The highest BCUT2D eigenvalue weighted by Gasteiger charge is 2.43. The average molecular weight is 541 g/mol. The molecule has 2 aliphatic rings. The highest BCUT2D eigenvalue weighted by molar-refractivity contribution is 6.30. The number of ether oxygens (including phenoxy) is 1. The highest BCUT2D eigenvalue weighted by Crippen LogP contribution is 2.34. The fraction of sp³-hybridized carbons (Fsp3) is 0.429. The topological polar surface area (TPSA) is 93.9 Å². The van der Waals surface area contributed by atoms with Crippen molar-refractivity contribution in [1.29, 1.82) is 5.26 Å². The van der Waals surface area contributed by atoms with Gasteiger partial charge in [0.15, 0.2) is 0 Å². The van der Waals surface area contributed by atoms with Gasteiger partial charge in [-0.25, -0.2) is 9.18 Å². The Morgan fingerprint density at radius 1 is 1.05 bits per heavy atom. The largest absolute Gasteiger partial charge is 0.415 e. The molecule has 2 fully saturated rings. The molecule has 200 valence electrons. The van der Waals surface area contributed by atoms with E-state index in [4.69, 9.17) is 21.6 Å². The molecule has 0 radical (unpaired) electrons. The van der Waals surface area contributed by atoms with Gasteiger partial charge in [-0.3, -0.25) is 9.59 Å². The number of halogens is 2. The standard InChI is InChI=1S/C28H30ClFN4O4/c1-2-34(28(37)38-23-9-7-22(30)8-10-23)25-18-33(17-24(25)19-3-5-21(29)6-4-19)27(36)20-12-15-32(16-13-20)26(35)11-14-31/h3-10,20,24-25H,2,11-13,15-18H2,1H3/t24-,25+/m0/s1. The fourth-order valence-corrected chi connectivity index (χ4v) is 5.42. The Balaban J connectivity index is 1.50. The van der Waals surface area contributed by atoms with E-state index in [1.165, 1.54) is 24.3 Å². The predicted octanol–water partition coefficient (Wildman–Crippen LogP) is 4.45. The van der Waals surface area contributed by atoms with E-state index in [1.54, 1.807) is 26.8 Å². The second-order valence-electron chi connectivity index (χ2n) is 9.57. The zero-order valence-corrected chi connectivity index (χ0v) is 21.9. The van der Waals surface area contributed by atoms with Crippen molar-refractivity contribution < 1.29 is 23.5 Å². The monoisotopic (exact) mass is 540 g/mol. The molecule has 0 N–H and O–H groups in total. The lowest BCUT2D eigenvalue weighted by atomic mass is 9.93. The first-order chi connectivity index (χ1) is 18.3. The van der Waals surface area contributed by atoms with Crippen LogP contribution < -0.4 is 4.74 Å². The number of hydrogen-bond acceptors (Lipinski definition) is 5. The van der Waals surface area contributed by atoms with E-state index in [-0.39, 0.29) is 41.9 Å². The molecule has 0 aliphatic carbocycles. The van der Waals surface area contributed by atoms with E-state index in [1.807, 2.05) is 25.1 Å². The van der Waals surface area contributed by atoms with E-state index in [0.29, 0.717) is 50.6 Å². The molecule has 0 aromatic heterocycles. The van der Waals surface area contributed by atoms with Crippen LogP contribution in [0.1, 0.15) is 37.7 Å². The number of hydrogen-bond donors (Lipinski definition) is 0. The van der Waals surface area contributed by atoms with Crippen molar-refractivity contribution >= 4 is 29.5 Å². The van der Waals surface area contributed by atoms with Crippen molar-refractivity contribution in [2.75, 3.05) is 32.7 Å². The molecule has 2 aromatic rings. The van der Waals surface area contributed by atoms with Gasteiger partial charge in [0.2, 0.25) is 11.8 Å². The molecule has 0 bridgehead atoms. The minimum Gasteiger partial charge on any atom is -0.410 e. The van der Waals surface area contributed by atoms with Crippen molar-refractivity contribution in [2.24, 2.45) is 5.92 Å². The maximum atomic E-state index is 13.6. The van der Waals surface area contributed by atoms with Crippen LogP contribution in [0.25, 0.3) is 0 Å². The number of nitriles is 1. The van der Waals surface area contributed by atoms with Crippen LogP contribution in [0.15, 0.2) is 48.5 Å². The number of nitrogens with zero attached hydrogens (tertiary/aromatic N) is 4. The fourth-order valence-electron chi connectivity index (χ4n) is 5.29. The Labute approximate surface area is 226 Å². The van der Waals surface area contributed by atoms with E-state index < -0.39 is 11.9 Å². The number of rotatable bonds is 6. The van der Waals surface area contributed by atoms with Crippen molar-refractivity contribution in [2.45, 2.75) is 38.1 Å². The maximum absolute atomic E-state index is 13.6. The second-order valence-corrected chi connectivity index (χ2v) is 10.0. The van der Waals surface area contributed by atoms with Gasteiger partial charge in [-0.1, -0.05) is 23.7 Å². The zero-order valence-electron chi connectivity index (χ0n) is 21.2. The van der Waals surface area contributed by atoms with E-state index in [9.17, 15) is 18.8 Å². The van der Waals surface area contributed by atoms with E-state index in [0.717, 1.165) is 5.56 Å². The molecule has 2 saturated heterocycles. The van der Waals surface area contributed by atoms with Crippen LogP contribution in [-0.2, 0) is 9.59 Å². The molecular formula is C28H30ClFN4O4. The molecule has 0 spiro atoms. The Morgan fingerprint density at radius 2 is 1.71 bits per heavy atom. The van der Waals surface area contributed by atoms with Crippen LogP contribution in [0.5, 0.6) is 5.75 Å².